The molecular formula is C13H17N3O3. The molecule has 102 valence electrons. The topological polar surface area (TPSA) is 63.7 Å². The van der Waals surface area contributed by atoms with Crippen molar-refractivity contribution < 1.29 is 14.3 Å². The number of nitrogens with one attached hydrogen (secondary N) is 1. The number of nitrogens with zero attached hydrogens (tertiary/aromatic N) is 2. The summed E-state index contributed by atoms with van der Waals surface area (Å²) in [7, 11) is 0. The Balaban J connectivity index is 1.85. The summed E-state index contributed by atoms with van der Waals surface area (Å²) in [6, 6.07) is 3.77. The molecule has 2 atom stereocenters. The minimum absolute atomic E-state index is 0.0552. The third-order valence-electron chi connectivity index (χ3n) is 3.20. The fourth-order valence-corrected chi connectivity index (χ4v) is 2.49. The SMILES string of the molecule is C[C@@H]1CN(c2ccc3c(n2)NC(=O)CO3)C[C@H](C)O1. The number of ether oxygens (including phenoxy) is 2. The molecule has 6 heteroatoms. The predicted octanol–water partition coefficient (Wildman–Crippen LogP) is 1.03. The molecule has 2 aliphatic rings. The number of rotatable bonds is 1. The van der Waals surface area contributed by atoms with Crippen LogP contribution in [0.25, 0.3) is 0 Å². The van der Waals surface area contributed by atoms with E-state index < -0.39 is 0 Å². The average molecular weight is 263 g/mol. The number of carbonyl (C=O) groups excluding carboxylic acids is 1. The third kappa shape index (κ3) is 2.49. The molecule has 0 aliphatic carbocycles. The Hall–Kier alpha value is -1.82. The zero-order valence-corrected chi connectivity index (χ0v) is 11.0. The fraction of sp³-hybridized carbons (Fsp3) is 0.538. The van der Waals surface area contributed by atoms with E-state index in [9.17, 15) is 4.79 Å². The summed E-state index contributed by atoms with van der Waals surface area (Å²) in [6.07, 6.45) is 0.347. The number of amides is 1. The molecule has 2 aliphatic heterocycles. The van der Waals surface area contributed by atoms with Crippen molar-refractivity contribution in [3.63, 3.8) is 0 Å². The van der Waals surface area contributed by atoms with Crippen LogP contribution in [0.3, 0.4) is 0 Å². The maximum atomic E-state index is 11.3. The maximum absolute atomic E-state index is 11.3. The quantitative estimate of drug-likeness (QED) is 0.819. The van der Waals surface area contributed by atoms with Crippen molar-refractivity contribution >= 4 is 17.5 Å². The molecule has 19 heavy (non-hydrogen) atoms. The highest BCUT2D eigenvalue weighted by atomic mass is 16.5. The van der Waals surface area contributed by atoms with Crippen LogP contribution in [0.1, 0.15) is 13.8 Å². The van der Waals surface area contributed by atoms with Crippen LogP contribution in [0.15, 0.2) is 12.1 Å². The molecule has 3 rings (SSSR count). The first-order chi connectivity index (χ1) is 9.11. The first-order valence-electron chi connectivity index (χ1n) is 6.46. The molecule has 6 nitrogen and oxygen atoms in total. The van der Waals surface area contributed by atoms with Crippen LogP contribution in [-0.4, -0.2) is 42.8 Å². The number of pyridine rings is 1. The second kappa shape index (κ2) is 4.70. The van der Waals surface area contributed by atoms with Gasteiger partial charge in [0.05, 0.1) is 12.2 Å². The highest BCUT2D eigenvalue weighted by molar-refractivity contribution is 5.94. The lowest BCUT2D eigenvalue weighted by molar-refractivity contribution is -0.118. The molecule has 1 saturated heterocycles. The second-order valence-electron chi connectivity index (χ2n) is 5.02. The molecule has 0 unspecified atom stereocenters. The highest BCUT2D eigenvalue weighted by Gasteiger charge is 2.25. The number of anilines is 2. The molecule has 1 fully saturated rings. The van der Waals surface area contributed by atoms with Crippen molar-refractivity contribution in [3.05, 3.63) is 12.1 Å². The van der Waals surface area contributed by atoms with Gasteiger partial charge in [-0.05, 0) is 26.0 Å². The van der Waals surface area contributed by atoms with Gasteiger partial charge in [-0.1, -0.05) is 0 Å². The van der Waals surface area contributed by atoms with Crippen molar-refractivity contribution in [2.75, 3.05) is 29.9 Å². The van der Waals surface area contributed by atoms with Gasteiger partial charge in [0.1, 0.15) is 5.82 Å². The number of carbonyl (C=O) groups is 1. The van der Waals surface area contributed by atoms with Gasteiger partial charge in [0, 0.05) is 13.1 Å². The van der Waals surface area contributed by atoms with Crippen molar-refractivity contribution in [1.82, 2.24) is 4.98 Å². The lowest BCUT2D eigenvalue weighted by atomic mass is 10.2. The summed E-state index contributed by atoms with van der Waals surface area (Å²) in [5.74, 6) is 1.80. The molecule has 3 heterocycles. The van der Waals surface area contributed by atoms with Gasteiger partial charge < -0.3 is 19.7 Å². The summed E-state index contributed by atoms with van der Waals surface area (Å²) in [4.78, 5) is 17.9. The predicted molar refractivity (Wildman–Crippen MR) is 70.6 cm³/mol. The smallest absolute Gasteiger partial charge is 0.263 e. The number of aromatic nitrogens is 1. The summed E-state index contributed by atoms with van der Waals surface area (Å²) in [5.41, 5.74) is 0. The summed E-state index contributed by atoms with van der Waals surface area (Å²) >= 11 is 0. The molecule has 0 saturated carbocycles. The van der Waals surface area contributed by atoms with Gasteiger partial charge in [-0.15, -0.1) is 0 Å². The van der Waals surface area contributed by atoms with Crippen molar-refractivity contribution in [2.24, 2.45) is 0 Å². The van der Waals surface area contributed by atoms with Crippen LogP contribution in [0.2, 0.25) is 0 Å². The van der Waals surface area contributed by atoms with Gasteiger partial charge >= 0.3 is 0 Å². The fourth-order valence-electron chi connectivity index (χ4n) is 2.49. The Bertz CT molecular complexity index is 496. The zero-order chi connectivity index (χ0) is 13.4. The molecule has 0 radical (unpaired) electrons. The monoisotopic (exact) mass is 263 g/mol. The lowest BCUT2D eigenvalue weighted by Gasteiger charge is -2.36. The highest BCUT2D eigenvalue weighted by Crippen LogP contribution is 2.29. The maximum Gasteiger partial charge on any atom is 0.263 e. The van der Waals surface area contributed by atoms with Gasteiger partial charge in [-0.3, -0.25) is 4.79 Å². The molecule has 0 spiro atoms. The van der Waals surface area contributed by atoms with Crippen LogP contribution in [0.4, 0.5) is 11.6 Å². The van der Waals surface area contributed by atoms with Gasteiger partial charge in [0.15, 0.2) is 18.2 Å². The largest absolute Gasteiger partial charge is 0.480 e. The number of morpholine rings is 1. The minimum Gasteiger partial charge on any atom is -0.480 e. The van der Waals surface area contributed by atoms with Crippen molar-refractivity contribution in [2.45, 2.75) is 26.1 Å². The van der Waals surface area contributed by atoms with E-state index in [2.05, 4.69) is 15.2 Å². The van der Waals surface area contributed by atoms with E-state index in [4.69, 9.17) is 9.47 Å². The summed E-state index contributed by atoms with van der Waals surface area (Å²) < 4.78 is 11.0. The van der Waals surface area contributed by atoms with E-state index in [0.717, 1.165) is 18.9 Å². The second-order valence-corrected chi connectivity index (χ2v) is 5.02. The van der Waals surface area contributed by atoms with E-state index in [1.54, 1.807) is 0 Å². The van der Waals surface area contributed by atoms with E-state index in [1.807, 2.05) is 26.0 Å². The van der Waals surface area contributed by atoms with Gasteiger partial charge in [0.25, 0.3) is 5.91 Å². The number of fused-ring (bicyclic) bond motifs is 1. The Morgan fingerprint density at radius 2 is 2.05 bits per heavy atom. The Labute approximate surface area is 111 Å². The first kappa shape index (κ1) is 12.2. The Morgan fingerprint density at radius 3 is 2.79 bits per heavy atom. The molecule has 1 amide bonds. The van der Waals surface area contributed by atoms with Crippen molar-refractivity contribution in [1.29, 1.82) is 0 Å². The third-order valence-corrected chi connectivity index (χ3v) is 3.20. The normalized spacial score (nSPS) is 26.4. The average Bonchev–Trinajstić information content (AvgIpc) is 2.36. The summed E-state index contributed by atoms with van der Waals surface area (Å²) in [5, 5.41) is 2.73. The van der Waals surface area contributed by atoms with E-state index >= 15 is 0 Å². The van der Waals surface area contributed by atoms with Crippen LogP contribution >= 0.6 is 0 Å². The van der Waals surface area contributed by atoms with Crippen LogP contribution in [0, 0.1) is 0 Å². The van der Waals surface area contributed by atoms with Gasteiger partial charge in [-0.2, -0.15) is 0 Å². The van der Waals surface area contributed by atoms with E-state index in [-0.39, 0.29) is 24.7 Å². The lowest BCUT2D eigenvalue weighted by Crippen LogP contribution is -2.46. The molecule has 0 aromatic carbocycles. The van der Waals surface area contributed by atoms with Crippen LogP contribution in [0.5, 0.6) is 5.75 Å². The first-order valence-corrected chi connectivity index (χ1v) is 6.46. The Morgan fingerprint density at radius 1 is 1.32 bits per heavy atom. The standard InChI is InChI=1S/C13H17N3O3/c1-8-5-16(6-9(2)19-8)11-4-3-10-13(14-11)15-12(17)7-18-10/h3-4,8-9H,5-7H2,1-2H3,(H,14,15,17)/t8-,9+. The van der Waals surface area contributed by atoms with Gasteiger partial charge in [-0.25, -0.2) is 4.98 Å². The molecule has 1 aromatic heterocycles. The Kier molecular flexibility index (Phi) is 3.02. The summed E-state index contributed by atoms with van der Waals surface area (Å²) in [6.45, 7) is 5.74. The number of hydrogen-bond acceptors (Lipinski definition) is 5. The zero-order valence-electron chi connectivity index (χ0n) is 11.0. The molecule has 1 aromatic rings. The van der Waals surface area contributed by atoms with E-state index in [1.165, 1.54) is 0 Å². The van der Waals surface area contributed by atoms with Crippen LogP contribution in [-0.2, 0) is 9.53 Å². The number of hydrogen-bond donors (Lipinski definition) is 1. The van der Waals surface area contributed by atoms with Gasteiger partial charge in [0.2, 0.25) is 0 Å². The van der Waals surface area contributed by atoms with Crippen molar-refractivity contribution in [3.8, 4) is 5.75 Å². The molecule has 1 N–H and O–H groups in total. The minimum atomic E-state index is -0.166. The molecule has 0 bridgehead atoms. The van der Waals surface area contributed by atoms with E-state index in [0.29, 0.717) is 11.6 Å². The molecular weight excluding hydrogens is 246 g/mol. The van der Waals surface area contributed by atoms with Crippen LogP contribution < -0.4 is 15.0 Å².